The molecule has 0 amide bonds. The summed E-state index contributed by atoms with van der Waals surface area (Å²) in [5.41, 5.74) is 1.82. The molecule has 0 fully saturated rings. The van der Waals surface area contributed by atoms with Crippen molar-refractivity contribution in [1.29, 1.82) is 0 Å². The smallest absolute Gasteiger partial charge is 0.0698 e. The van der Waals surface area contributed by atoms with Gasteiger partial charge in [0.1, 0.15) is 0 Å². The van der Waals surface area contributed by atoms with Crippen molar-refractivity contribution in [3.63, 3.8) is 0 Å². The zero-order valence-corrected chi connectivity index (χ0v) is 8.03. The number of allylic oxidation sites excluding steroid dienone is 5. The lowest BCUT2D eigenvalue weighted by Crippen LogP contribution is -1.82. The van der Waals surface area contributed by atoms with Gasteiger partial charge in [-0.05, 0) is 18.6 Å². The van der Waals surface area contributed by atoms with Gasteiger partial charge in [-0.25, -0.2) is 0 Å². The SMILES string of the molecule is C=CC=NC(=C/C=C)/C(C=C)=C\C. The Hall–Kier alpha value is -1.63. The molecule has 0 aliphatic heterocycles. The summed E-state index contributed by atoms with van der Waals surface area (Å²) in [4.78, 5) is 4.18. The van der Waals surface area contributed by atoms with Crippen molar-refractivity contribution in [2.24, 2.45) is 4.99 Å². The van der Waals surface area contributed by atoms with Gasteiger partial charge in [0, 0.05) is 6.21 Å². The van der Waals surface area contributed by atoms with Crippen LogP contribution < -0.4 is 0 Å². The Balaban J connectivity index is 4.90. The Morgan fingerprint density at radius 1 is 1.15 bits per heavy atom. The molecule has 0 N–H and O–H groups in total. The maximum atomic E-state index is 4.18. The zero-order valence-electron chi connectivity index (χ0n) is 8.03. The standard InChI is InChI=1S/C12H15N/c1-5-9-12(13-10-6-2)11(7-3)8-4/h5-10H,1-3H2,4H3/b11-8-,12-9+,13-10?. The van der Waals surface area contributed by atoms with Gasteiger partial charge < -0.3 is 0 Å². The molecule has 1 heteroatoms. The first-order valence-electron chi connectivity index (χ1n) is 4.07. The van der Waals surface area contributed by atoms with Gasteiger partial charge in [0.2, 0.25) is 0 Å². The molecule has 13 heavy (non-hydrogen) atoms. The van der Waals surface area contributed by atoms with E-state index in [1.54, 1.807) is 24.4 Å². The van der Waals surface area contributed by atoms with Crippen LogP contribution in [0.2, 0.25) is 0 Å². The molecule has 0 saturated heterocycles. The Morgan fingerprint density at radius 2 is 1.85 bits per heavy atom. The predicted molar refractivity (Wildman–Crippen MR) is 60.9 cm³/mol. The Labute approximate surface area is 80.2 Å². The summed E-state index contributed by atoms with van der Waals surface area (Å²) < 4.78 is 0. The first kappa shape index (κ1) is 11.4. The average Bonchev–Trinajstić information content (AvgIpc) is 2.16. The third-order valence-corrected chi connectivity index (χ3v) is 1.42. The fraction of sp³-hybridized carbons (Fsp3) is 0.0833. The highest BCUT2D eigenvalue weighted by Crippen LogP contribution is 2.11. The van der Waals surface area contributed by atoms with Crippen molar-refractivity contribution in [2.75, 3.05) is 0 Å². The van der Waals surface area contributed by atoms with Crippen molar-refractivity contribution >= 4 is 6.21 Å². The van der Waals surface area contributed by atoms with E-state index in [0.29, 0.717) is 0 Å². The number of hydrogen-bond donors (Lipinski definition) is 0. The van der Waals surface area contributed by atoms with Crippen molar-refractivity contribution in [1.82, 2.24) is 0 Å². The molecule has 0 unspecified atom stereocenters. The van der Waals surface area contributed by atoms with E-state index in [0.717, 1.165) is 11.3 Å². The van der Waals surface area contributed by atoms with Crippen LogP contribution in [0.5, 0.6) is 0 Å². The van der Waals surface area contributed by atoms with E-state index < -0.39 is 0 Å². The summed E-state index contributed by atoms with van der Waals surface area (Å²) in [6.07, 6.45) is 10.5. The maximum absolute atomic E-state index is 4.18. The first-order valence-corrected chi connectivity index (χ1v) is 4.07. The van der Waals surface area contributed by atoms with Gasteiger partial charge in [-0.1, -0.05) is 44.0 Å². The number of aliphatic imine (C=N–C) groups is 1. The highest BCUT2D eigenvalue weighted by atomic mass is 14.7. The van der Waals surface area contributed by atoms with Crippen LogP contribution in [-0.4, -0.2) is 6.21 Å². The van der Waals surface area contributed by atoms with Crippen LogP contribution in [0, 0.1) is 0 Å². The van der Waals surface area contributed by atoms with Crippen LogP contribution in [-0.2, 0) is 0 Å². The van der Waals surface area contributed by atoms with Gasteiger partial charge >= 0.3 is 0 Å². The Bertz CT molecular complexity index is 277. The van der Waals surface area contributed by atoms with E-state index in [9.17, 15) is 0 Å². The number of nitrogens with zero attached hydrogens (tertiary/aromatic N) is 1. The van der Waals surface area contributed by atoms with Crippen LogP contribution in [0.3, 0.4) is 0 Å². The monoisotopic (exact) mass is 173 g/mol. The fourth-order valence-electron chi connectivity index (χ4n) is 0.829. The minimum atomic E-state index is 0.840. The summed E-state index contributed by atoms with van der Waals surface area (Å²) in [7, 11) is 0. The fourth-order valence-corrected chi connectivity index (χ4v) is 0.829. The van der Waals surface area contributed by atoms with Gasteiger partial charge in [0.15, 0.2) is 0 Å². The van der Waals surface area contributed by atoms with E-state index in [-0.39, 0.29) is 0 Å². The molecule has 0 saturated carbocycles. The molecule has 68 valence electrons. The molecule has 0 atom stereocenters. The highest BCUT2D eigenvalue weighted by molar-refractivity contribution is 5.72. The second-order valence-corrected chi connectivity index (χ2v) is 2.25. The lowest BCUT2D eigenvalue weighted by molar-refractivity contribution is 1.34. The van der Waals surface area contributed by atoms with E-state index in [4.69, 9.17) is 0 Å². The summed E-state index contributed by atoms with van der Waals surface area (Å²) in [6, 6.07) is 0. The van der Waals surface area contributed by atoms with E-state index >= 15 is 0 Å². The third kappa shape index (κ3) is 4.06. The average molecular weight is 173 g/mol. The van der Waals surface area contributed by atoms with Crippen molar-refractivity contribution in [3.8, 4) is 0 Å². The van der Waals surface area contributed by atoms with E-state index in [1.165, 1.54) is 0 Å². The molecule has 0 aromatic carbocycles. The van der Waals surface area contributed by atoms with Crippen LogP contribution in [0.4, 0.5) is 0 Å². The minimum absolute atomic E-state index is 0.840. The second-order valence-electron chi connectivity index (χ2n) is 2.25. The molecule has 0 aromatic rings. The van der Waals surface area contributed by atoms with Crippen LogP contribution >= 0.6 is 0 Å². The molecule has 0 aromatic heterocycles. The summed E-state index contributed by atoms with van der Waals surface area (Å²) >= 11 is 0. The van der Waals surface area contributed by atoms with Gasteiger partial charge in [-0.15, -0.1) is 0 Å². The van der Waals surface area contributed by atoms with Gasteiger partial charge in [0.25, 0.3) is 0 Å². The molecule has 1 nitrogen and oxygen atoms in total. The van der Waals surface area contributed by atoms with Gasteiger partial charge in [0.05, 0.1) is 5.70 Å². The maximum Gasteiger partial charge on any atom is 0.0698 e. The van der Waals surface area contributed by atoms with E-state index in [2.05, 4.69) is 24.7 Å². The molecule has 0 rings (SSSR count). The van der Waals surface area contributed by atoms with Crippen LogP contribution in [0.25, 0.3) is 0 Å². The molecular weight excluding hydrogens is 158 g/mol. The van der Waals surface area contributed by atoms with Crippen molar-refractivity contribution in [3.05, 3.63) is 61.4 Å². The molecule has 0 aliphatic rings. The van der Waals surface area contributed by atoms with Gasteiger partial charge in [-0.2, -0.15) is 0 Å². The Kier molecular flexibility index (Phi) is 6.16. The van der Waals surface area contributed by atoms with Gasteiger partial charge in [-0.3, -0.25) is 4.99 Å². The quantitative estimate of drug-likeness (QED) is 0.446. The number of hydrogen-bond acceptors (Lipinski definition) is 1. The predicted octanol–water partition coefficient (Wildman–Crippen LogP) is 3.45. The molecule has 0 radical (unpaired) electrons. The summed E-state index contributed by atoms with van der Waals surface area (Å²) in [5.74, 6) is 0. The van der Waals surface area contributed by atoms with Crippen molar-refractivity contribution < 1.29 is 0 Å². The summed E-state index contributed by atoms with van der Waals surface area (Å²) in [5, 5.41) is 0. The highest BCUT2D eigenvalue weighted by Gasteiger charge is 1.94. The third-order valence-electron chi connectivity index (χ3n) is 1.42. The molecule has 0 bridgehead atoms. The van der Waals surface area contributed by atoms with Crippen LogP contribution in [0.1, 0.15) is 6.92 Å². The molecule has 0 spiro atoms. The summed E-state index contributed by atoms with van der Waals surface area (Å²) in [6.45, 7) is 12.8. The number of rotatable bonds is 5. The molecule has 0 aliphatic carbocycles. The lowest BCUT2D eigenvalue weighted by atomic mass is 10.2. The topological polar surface area (TPSA) is 12.4 Å². The molecular formula is C12H15N. The normalized spacial score (nSPS) is 13.0. The minimum Gasteiger partial charge on any atom is -0.256 e. The largest absolute Gasteiger partial charge is 0.256 e. The second kappa shape index (κ2) is 7.04. The van der Waals surface area contributed by atoms with E-state index in [1.807, 2.05) is 19.1 Å². The zero-order chi connectivity index (χ0) is 10.1. The van der Waals surface area contributed by atoms with Crippen molar-refractivity contribution in [2.45, 2.75) is 6.92 Å². The Morgan fingerprint density at radius 3 is 2.23 bits per heavy atom. The van der Waals surface area contributed by atoms with Crippen LogP contribution in [0.15, 0.2) is 66.4 Å². The molecule has 0 heterocycles. The lowest BCUT2D eigenvalue weighted by Gasteiger charge is -1.99. The first-order chi connectivity index (χ1) is 6.29.